The van der Waals surface area contributed by atoms with E-state index in [0.29, 0.717) is 59.9 Å². The Labute approximate surface area is 197 Å². The number of morpholine rings is 1. The van der Waals surface area contributed by atoms with E-state index < -0.39 is 15.9 Å². The van der Waals surface area contributed by atoms with Crippen LogP contribution in [0.25, 0.3) is 11.4 Å². The predicted molar refractivity (Wildman–Crippen MR) is 128 cm³/mol. The molecule has 0 bridgehead atoms. The van der Waals surface area contributed by atoms with Crippen LogP contribution in [0.3, 0.4) is 0 Å². The molecule has 11 nitrogen and oxygen atoms in total. The van der Waals surface area contributed by atoms with Crippen LogP contribution in [0, 0.1) is 6.92 Å². The summed E-state index contributed by atoms with van der Waals surface area (Å²) in [5.74, 6) is 1.78. The van der Waals surface area contributed by atoms with Gasteiger partial charge >= 0.3 is 6.03 Å². The third-order valence-electron chi connectivity index (χ3n) is 5.11. The average molecular weight is 487 g/mol. The van der Waals surface area contributed by atoms with E-state index in [2.05, 4.69) is 25.7 Å². The third kappa shape index (κ3) is 6.08. The summed E-state index contributed by atoms with van der Waals surface area (Å²) in [4.78, 5) is 23.5. The van der Waals surface area contributed by atoms with Crippen LogP contribution < -0.4 is 15.5 Å². The number of amides is 2. The first-order chi connectivity index (χ1) is 16.2. The number of carbonyl (C=O) groups is 1. The molecule has 1 aliphatic rings. The Hall–Kier alpha value is -3.51. The third-order valence-corrected chi connectivity index (χ3v) is 5.93. The topological polar surface area (TPSA) is 140 Å². The Balaban J connectivity index is 1.56. The summed E-state index contributed by atoms with van der Waals surface area (Å²) in [7, 11) is -3.28. The molecule has 4 rings (SSSR count). The van der Waals surface area contributed by atoms with Crippen molar-refractivity contribution in [2.24, 2.45) is 0 Å². The molecule has 34 heavy (non-hydrogen) atoms. The summed E-state index contributed by atoms with van der Waals surface area (Å²) in [6.07, 6.45) is 1.18. The van der Waals surface area contributed by atoms with Crippen molar-refractivity contribution in [3.8, 4) is 11.4 Å². The standard InChI is InChI=1S/C22H26N6O5S/c1-14-12-32-9-8-28(14)20-11-18(13-34(3,30)31)23-21(26-20)16-4-6-17(7-5-16)24-22(29)25-19-10-15(2)33-27-19/h4-7,10-11,14H,8-9,12-13H2,1-3H3,(H2,24,25,27,29)/t14-/m0/s1. The van der Waals surface area contributed by atoms with Crippen LogP contribution in [0.4, 0.5) is 22.1 Å². The Morgan fingerprint density at radius 1 is 1.18 bits per heavy atom. The second-order valence-corrected chi connectivity index (χ2v) is 10.3. The van der Waals surface area contributed by atoms with Gasteiger partial charge in [0.2, 0.25) is 0 Å². The van der Waals surface area contributed by atoms with Gasteiger partial charge in [-0.05, 0) is 38.1 Å². The number of hydrogen-bond donors (Lipinski definition) is 2. The van der Waals surface area contributed by atoms with Gasteiger partial charge in [-0.25, -0.2) is 23.2 Å². The number of anilines is 3. The number of urea groups is 1. The molecular formula is C22H26N6O5S. The van der Waals surface area contributed by atoms with Crippen LogP contribution in [0.5, 0.6) is 0 Å². The van der Waals surface area contributed by atoms with Gasteiger partial charge < -0.3 is 19.5 Å². The molecule has 180 valence electrons. The summed E-state index contributed by atoms with van der Waals surface area (Å²) in [5.41, 5.74) is 1.66. The lowest BCUT2D eigenvalue weighted by Crippen LogP contribution is -2.44. The molecule has 0 radical (unpaired) electrons. The van der Waals surface area contributed by atoms with Crippen LogP contribution in [-0.4, -0.2) is 61.6 Å². The fourth-order valence-electron chi connectivity index (χ4n) is 3.58. The fraction of sp³-hybridized carbons (Fsp3) is 0.364. The maximum absolute atomic E-state index is 12.2. The van der Waals surface area contributed by atoms with Gasteiger partial charge in [-0.2, -0.15) is 0 Å². The van der Waals surface area contributed by atoms with Crippen LogP contribution in [0.15, 0.2) is 40.9 Å². The van der Waals surface area contributed by atoms with Crippen molar-refractivity contribution in [1.82, 2.24) is 15.1 Å². The first kappa shape index (κ1) is 23.6. The quantitative estimate of drug-likeness (QED) is 0.538. The van der Waals surface area contributed by atoms with E-state index in [4.69, 9.17) is 14.2 Å². The molecular weight excluding hydrogens is 460 g/mol. The minimum Gasteiger partial charge on any atom is -0.377 e. The van der Waals surface area contributed by atoms with Crippen LogP contribution in [0.1, 0.15) is 18.4 Å². The van der Waals surface area contributed by atoms with Gasteiger partial charge in [-0.15, -0.1) is 0 Å². The van der Waals surface area contributed by atoms with Gasteiger partial charge in [0.1, 0.15) is 11.6 Å². The molecule has 1 aromatic carbocycles. The lowest BCUT2D eigenvalue weighted by Gasteiger charge is -2.34. The number of rotatable bonds is 6. The Kier molecular flexibility index (Phi) is 6.80. The van der Waals surface area contributed by atoms with E-state index in [1.54, 1.807) is 43.3 Å². The lowest BCUT2D eigenvalue weighted by atomic mass is 10.2. The molecule has 12 heteroatoms. The maximum Gasteiger partial charge on any atom is 0.324 e. The number of sulfone groups is 1. The summed E-state index contributed by atoms with van der Waals surface area (Å²) >= 11 is 0. The van der Waals surface area contributed by atoms with E-state index in [-0.39, 0.29) is 11.8 Å². The second-order valence-electron chi connectivity index (χ2n) is 8.21. The Bertz CT molecular complexity index is 1280. The molecule has 2 amide bonds. The van der Waals surface area contributed by atoms with Crippen molar-refractivity contribution in [1.29, 1.82) is 0 Å². The summed E-state index contributed by atoms with van der Waals surface area (Å²) in [6, 6.07) is 9.93. The molecule has 0 spiro atoms. The van der Waals surface area contributed by atoms with Gasteiger partial charge in [-0.3, -0.25) is 5.32 Å². The zero-order chi connectivity index (χ0) is 24.3. The van der Waals surface area contributed by atoms with E-state index in [1.165, 1.54) is 6.26 Å². The zero-order valence-corrected chi connectivity index (χ0v) is 19.9. The van der Waals surface area contributed by atoms with Crippen molar-refractivity contribution in [2.75, 3.05) is 41.5 Å². The number of benzene rings is 1. The van der Waals surface area contributed by atoms with E-state index in [0.717, 1.165) is 0 Å². The summed E-state index contributed by atoms with van der Waals surface area (Å²) < 4.78 is 34.3. The van der Waals surface area contributed by atoms with Crippen molar-refractivity contribution < 1.29 is 22.5 Å². The predicted octanol–water partition coefficient (Wildman–Crippen LogP) is 2.85. The smallest absolute Gasteiger partial charge is 0.324 e. The SMILES string of the molecule is Cc1cc(NC(=O)Nc2ccc(-c3nc(CS(C)(=O)=O)cc(N4CCOC[C@@H]4C)n3)cc2)no1. The summed E-state index contributed by atoms with van der Waals surface area (Å²) in [6.45, 7) is 5.55. The molecule has 3 aromatic rings. The minimum absolute atomic E-state index is 0.0983. The van der Waals surface area contributed by atoms with Gasteiger partial charge in [0, 0.05) is 36.2 Å². The lowest BCUT2D eigenvalue weighted by molar-refractivity contribution is 0.0985. The average Bonchev–Trinajstić information content (AvgIpc) is 3.17. The molecule has 0 saturated carbocycles. The highest BCUT2D eigenvalue weighted by molar-refractivity contribution is 7.89. The number of ether oxygens (including phenoxy) is 1. The number of carbonyl (C=O) groups excluding carboxylic acids is 1. The Morgan fingerprint density at radius 2 is 1.94 bits per heavy atom. The monoisotopic (exact) mass is 486 g/mol. The van der Waals surface area contributed by atoms with Gasteiger partial charge in [0.15, 0.2) is 21.5 Å². The molecule has 1 aliphatic heterocycles. The van der Waals surface area contributed by atoms with Crippen LogP contribution >= 0.6 is 0 Å². The fourth-order valence-corrected chi connectivity index (χ4v) is 4.26. The highest BCUT2D eigenvalue weighted by atomic mass is 32.2. The number of nitrogens with zero attached hydrogens (tertiary/aromatic N) is 4. The zero-order valence-electron chi connectivity index (χ0n) is 19.1. The van der Waals surface area contributed by atoms with Crippen molar-refractivity contribution in [3.05, 3.63) is 47.9 Å². The molecule has 1 fully saturated rings. The van der Waals surface area contributed by atoms with Crippen molar-refractivity contribution in [2.45, 2.75) is 25.6 Å². The van der Waals surface area contributed by atoms with E-state index in [9.17, 15) is 13.2 Å². The molecule has 1 saturated heterocycles. The number of nitrogens with one attached hydrogen (secondary N) is 2. The normalized spacial score (nSPS) is 16.3. The molecule has 3 heterocycles. The maximum atomic E-state index is 12.2. The molecule has 2 aromatic heterocycles. The number of aromatic nitrogens is 3. The largest absolute Gasteiger partial charge is 0.377 e. The first-order valence-corrected chi connectivity index (χ1v) is 12.7. The van der Waals surface area contributed by atoms with E-state index >= 15 is 0 Å². The van der Waals surface area contributed by atoms with Gasteiger partial charge in [0.25, 0.3) is 0 Å². The van der Waals surface area contributed by atoms with Crippen molar-refractivity contribution >= 4 is 33.2 Å². The van der Waals surface area contributed by atoms with Gasteiger partial charge in [-0.1, -0.05) is 5.16 Å². The molecule has 1 atom stereocenters. The summed E-state index contributed by atoms with van der Waals surface area (Å²) in [5, 5.41) is 9.02. The number of hydrogen-bond acceptors (Lipinski definition) is 9. The van der Waals surface area contributed by atoms with Crippen molar-refractivity contribution in [3.63, 3.8) is 0 Å². The highest BCUT2D eigenvalue weighted by Crippen LogP contribution is 2.25. The van der Waals surface area contributed by atoms with Gasteiger partial charge in [0.05, 0.1) is 30.7 Å². The highest BCUT2D eigenvalue weighted by Gasteiger charge is 2.22. The second kappa shape index (κ2) is 9.77. The van der Waals surface area contributed by atoms with E-state index in [1.807, 2.05) is 6.92 Å². The molecule has 2 N–H and O–H groups in total. The minimum atomic E-state index is -3.28. The first-order valence-electron chi connectivity index (χ1n) is 10.7. The Morgan fingerprint density at radius 3 is 2.59 bits per heavy atom. The number of aryl methyl sites for hydroxylation is 1. The van der Waals surface area contributed by atoms with Crippen LogP contribution in [0.2, 0.25) is 0 Å². The van der Waals surface area contributed by atoms with Crippen LogP contribution in [-0.2, 0) is 20.3 Å². The molecule has 0 unspecified atom stereocenters. The molecule has 0 aliphatic carbocycles.